The van der Waals surface area contributed by atoms with Crippen LogP contribution in [0.15, 0.2) is 77.9 Å². The van der Waals surface area contributed by atoms with Crippen LogP contribution in [-0.4, -0.2) is 15.4 Å². The minimum atomic E-state index is -0.269. The van der Waals surface area contributed by atoms with Gasteiger partial charge in [-0.1, -0.05) is 85.6 Å². The standard InChI is InChI=1S/C29H32ClFN6O/c1-2-3-8-27-34-28(30)26(19-38-18-21-11-15-23(31)16-12-21)37(27)17-20-9-13-22(14-10-20)24-6-4-5-7-25(24)29(35-32)36-33/h4-7,9-16H,2-3,8,17-19,32-33H2,1H3,(H,35,36). The van der Waals surface area contributed by atoms with Crippen LogP contribution in [0.25, 0.3) is 11.1 Å². The number of hydrazine groups is 1. The highest BCUT2D eigenvalue weighted by Gasteiger charge is 2.17. The van der Waals surface area contributed by atoms with Gasteiger partial charge in [-0.2, -0.15) is 5.10 Å². The van der Waals surface area contributed by atoms with E-state index in [1.54, 1.807) is 12.1 Å². The predicted molar refractivity (Wildman–Crippen MR) is 150 cm³/mol. The van der Waals surface area contributed by atoms with Gasteiger partial charge in [0.1, 0.15) is 11.6 Å². The van der Waals surface area contributed by atoms with Gasteiger partial charge in [-0.15, -0.1) is 0 Å². The Kier molecular flexibility index (Phi) is 9.48. The van der Waals surface area contributed by atoms with Crippen molar-refractivity contribution in [1.82, 2.24) is 15.0 Å². The number of hydrogen-bond acceptors (Lipinski definition) is 5. The summed E-state index contributed by atoms with van der Waals surface area (Å²) in [5.74, 6) is 12.2. The van der Waals surface area contributed by atoms with E-state index >= 15 is 0 Å². The number of aromatic nitrogens is 2. The minimum absolute atomic E-state index is 0.269. The Morgan fingerprint density at radius 1 is 1.03 bits per heavy atom. The molecule has 9 heteroatoms. The van der Waals surface area contributed by atoms with E-state index in [1.807, 2.05) is 24.3 Å². The number of halogens is 2. The third-order valence-electron chi connectivity index (χ3n) is 6.33. The van der Waals surface area contributed by atoms with Crippen molar-refractivity contribution in [2.45, 2.75) is 45.9 Å². The number of benzene rings is 3. The van der Waals surface area contributed by atoms with Crippen LogP contribution in [0, 0.1) is 5.82 Å². The third kappa shape index (κ3) is 6.58. The van der Waals surface area contributed by atoms with Crippen LogP contribution in [-0.2, 0) is 30.9 Å². The van der Waals surface area contributed by atoms with Crippen molar-refractivity contribution in [3.05, 3.63) is 112 Å². The minimum Gasteiger partial charge on any atom is -0.370 e. The van der Waals surface area contributed by atoms with Crippen LogP contribution >= 0.6 is 11.6 Å². The first-order valence-electron chi connectivity index (χ1n) is 12.5. The van der Waals surface area contributed by atoms with Crippen LogP contribution in [0.4, 0.5) is 4.39 Å². The zero-order valence-corrected chi connectivity index (χ0v) is 22.1. The summed E-state index contributed by atoms with van der Waals surface area (Å²) in [5, 5.41) is 4.21. The Bertz CT molecular complexity index is 1370. The van der Waals surface area contributed by atoms with Gasteiger partial charge in [-0.05, 0) is 40.8 Å². The van der Waals surface area contributed by atoms with Crippen molar-refractivity contribution in [2.75, 3.05) is 0 Å². The molecule has 4 rings (SSSR count). The summed E-state index contributed by atoms with van der Waals surface area (Å²) < 4.78 is 21.3. The number of hydrogen-bond donors (Lipinski definition) is 3. The van der Waals surface area contributed by atoms with Crippen molar-refractivity contribution in [3.8, 4) is 11.1 Å². The third-order valence-corrected chi connectivity index (χ3v) is 6.63. The molecular formula is C29H32ClFN6O. The second-order valence-electron chi connectivity index (χ2n) is 8.94. The Labute approximate surface area is 227 Å². The van der Waals surface area contributed by atoms with E-state index in [0.717, 1.165) is 58.6 Å². The molecule has 38 heavy (non-hydrogen) atoms. The van der Waals surface area contributed by atoms with E-state index in [4.69, 9.17) is 28.0 Å². The topological polar surface area (TPSA) is 103 Å². The molecule has 7 nitrogen and oxygen atoms in total. The number of nitrogens with two attached hydrogens (primary N) is 2. The average molecular weight is 535 g/mol. The van der Waals surface area contributed by atoms with Gasteiger partial charge in [0.2, 0.25) is 0 Å². The Balaban J connectivity index is 1.56. The number of nitrogens with one attached hydrogen (secondary N) is 1. The maximum Gasteiger partial charge on any atom is 0.167 e. The van der Waals surface area contributed by atoms with E-state index < -0.39 is 0 Å². The summed E-state index contributed by atoms with van der Waals surface area (Å²) in [6.07, 6.45) is 2.90. The zero-order chi connectivity index (χ0) is 26.9. The molecule has 0 spiro atoms. The number of unbranched alkanes of at least 4 members (excludes halogenated alkanes) is 1. The Morgan fingerprint density at radius 3 is 2.42 bits per heavy atom. The fraction of sp³-hybridized carbons (Fsp3) is 0.241. The van der Waals surface area contributed by atoms with Gasteiger partial charge in [0, 0.05) is 18.5 Å². The number of hydrazone groups is 1. The van der Waals surface area contributed by atoms with E-state index in [2.05, 4.69) is 51.3 Å². The maximum absolute atomic E-state index is 13.2. The average Bonchev–Trinajstić information content (AvgIpc) is 3.23. The van der Waals surface area contributed by atoms with Gasteiger partial charge >= 0.3 is 0 Å². The lowest BCUT2D eigenvalue weighted by molar-refractivity contribution is 0.102. The highest BCUT2D eigenvalue weighted by Crippen LogP contribution is 2.26. The van der Waals surface area contributed by atoms with Crippen LogP contribution in [0.1, 0.15) is 48.0 Å². The van der Waals surface area contributed by atoms with Gasteiger partial charge in [0.05, 0.1) is 18.9 Å². The van der Waals surface area contributed by atoms with E-state index in [-0.39, 0.29) is 5.82 Å². The lowest BCUT2D eigenvalue weighted by Crippen LogP contribution is -2.32. The summed E-state index contributed by atoms with van der Waals surface area (Å²) in [5.41, 5.74) is 8.16. The van der Waals surface area contributed by atoms with Crippen LogP contribution in [0.5, 0.6) is 0 Å². The number of nitrogens with zero attached hydrogens (tertiary/aromatic N) is 3. The second-order valence-corrected chi connectivity index (χ2v) is 9.30. The van der Waals surface area contributed by atoms with Gasteiger partial charge in [-0.25, -0.2) is 15.2 Å². The first-order valence-corrected chi connectivity index (χ1v) is 12.9. The summed E-state index contributed by atoms with van der Waals surface area (Å²) in [6.45, 7) is 3.41. The molecule has 198 valence electrons. The molecule has 0 fully saturated rings. The molecule has 0 saturated heterocycles. The number of imidazole rings is 1. The van der Waals surface area contributed by atoms with Crippen LogP contribution < -0.4 is 17.1 Å². The molecule has 0 amide bonds. The Morgan fingerprint density at radius 2 is 1.74 bits per heavy atom. The van der Waals surface area contributed by atoms with Crippen molar-refractivity contribution in [3.63, 3.8) is 0 Å². The van der Waals surface area contributed by atoms with Gasteiger partial charge in [0.25, 0.3) is 0 Å². The lowest BCUT2D eigenvalue weighted by Gasteiger charge is -2.14. The number of amidine groups is 1. The Hall–Kier alpha value is -3.72. The van der Waals surface area contributed by atoms with Gasteiger partial charge in [0.15, 0.2) is 11.0 Å². The lowest BCUT2D eigenvalue weighted by atomic mass is 9.98. The van der Waals surface area contributed by atoms with Crippen LogP contribution in [0.2, 0.25) is 5.15 Å². The van der Waals surface area contributed by atoms with Gasteiger partial charge < -0.3 is 20.6 Å². The molecule has 0 unspecified atom stereocenters. The zero-order valence-electron chi connectivity index (χ0n) is 21.3. The molecule has 0 radical (unpaired) electrons. The molecule has 0 atom stereocenters. The molecule has 4 aromatic rings. The predicted octanol–water partition coefficient (Wildman–Crippen LogP) is 5.53. The molecule has 0 saturated carbocycles. The van der Waals surface area contributed by atoms with E-state index in [9.17, 15) is 4.39 Å². The highest BCUT2D eigenvalue weighted by atomic mass is 35.5. The summed E-state index contributed by atoms with van der Waals surface area (Å²) in [6, 6.07) is 22.4. The van der Waals surface area contributed by atoms with Crippen molar-refractivity contribution in [1.29, 1.82) is 0 Å². The summed E-state index contributed by atoms with van der Waals surface area (Å²) in [7, 11) is 0. The SMILES string of the molecule is CCCCc1nc(Cl)c(COCc2ccc(F)cc2)n1Cc1ccc(-c2ccccc2/C(=N/N)NN)cc1. The molecule has 0 aliphatic carbocycles. The first kappa shape index (κ1) is 27.3. The first-order chi connectivity index (χ1) is 18.5. The summed E-state index contributed by atoms with van der Waals surface area (Å²) in [4.78, 5) is 4.65. The fourth-order valence-electron chi connectivity index (χ4n) is 4.30. The van der Waals surface area contributed by atoms with Crippen molar-refractivity contribution in [2.24, 2.45) is 16.8 Å². The molecule has 0 bridgehead atoms. The largest absolute Gasteiger partial charge is 0.370 e. The van der Waals surface area contributed by atoms with Gasteiger partial charge in [-0.3, -0.25) is 0 Å². The number of ether oxygens (including phenoxy) is 1. The molecular weight excluding hydrogens is 503 g/mol. The number of rotatable bonds is 11. The fourth-order valence-corrected chi connectivity index (χ4v) is 4.55. The number of aryl methyl sites for hydroxylation is 1. The molecule has 3 aromatic carbocycles. The molecule has 0 aliphatic rings. The van der Waals surface area contributed by atoms with Crippen molar-refractivity contribution < 1.29 is 9.13 Å². The summed E-state index contributed by atoms with van der Waals surface area (Å²) >= 11 is 6.58. The normalized spacial score (nSPS) is 11.6. The monoisotopic (exact) mass is 534 g/mol. The second kappa shape index (κ2) is 13.2. The maximum atomic E-state index is 13.2. The smallest absolute Gasteiger partial charge is 0.167 e. The van der Waals surface area contributed by atoms with Crippen molar-refractivity contribution >= 4 is 17.4 Å². The molecule has 5 N–H and O–H groups in total. The van der Waals surface area contributed by atoms with E-state index in [0.29, 0.717) is 30.7 Å². The van der Waals surface area contributed by atoms with Crippen LogP contribution in [0.3, 0.4) is 0 Å². The quantitative estimate of drug-likeness (QED) is 0.101. The molecule has 1 aromatic heterocycles. The highest BCUT2D eigenvalue weighted by molar-refractivity contribution is 6.30. The van der Waals surface area contributed by atoms with E-state index in [1.165, 1.54) is 12.1 Å². The molecule has 0 aliphatic heterocycles. The molecule has 1 heterocycles.